The Morgan fingerprint density at radius 3 is 2.42 bits per heavy atom. The summed E-state index contributed by atoms with van der Waals surface area (Å²) < 4.78 is 5.65. The highest BCUT2D eigenvalue weighted by Crippen LogP contribution is 2.40. The fourth-order valence-corrected chi connectivity index (χ4v) is 3.91. The van der Waals surface area contributed by atoms with Gasteiger partial charge in [-0.2, -0.15) is 0 Å². The minimum Gasteiger partial charge on any atom is -0.490 e. The van der Waals surface area contributed by atoms with Gasteiger partial charge in [-0.05, 0) is 57.7 Å². The number of ketones is 1. The van der Waals surface area contributed by atoms with Gasteiger partial charge in [-0.25, -0.2) is 0 Å². The molecule has 3 nitrogen and oxygen atoms in total. The van der Waals surface area contributed by atoms with Crippen molar-refractivity contribution in [2.45, 2.75) is 63.3 Å². The lowest BCUT2D eigenvalue weighted by Crippen LogP contribution is -2.55. The average molecular weight is 263 g/mol. The minimum atomic E-state index is -0.219. The van der Waals surface area contributed by atoms with E-state index in [4.69, 9.17) is 4.74 Å². The predicted octanol–water partition coefficient (Wildman–Crippen LogP) is 3.05. The fourth-order valence-electron chi connectivity index (χ4n) is 3.91. The Bertz CT molecular complexity index is 363. The van der Waals surface area contributed by atoms with Gasteiger partial charge in [-0.15, -0.1) is 0 Å². The van der Waals surface area contributed by atoms with Crippen molar-refractivity contribution in [1.29, 1.82) is 0 Å². The van der Waals surface area contributed by atoms with Gasteiger partial charge in [0.2, 0.25) is 5.78 Å². The fraction of sp³-hybridized carbons (Fsp3) is 0.812. The van der Waals surface area contributed by atoms with Gasteiger partial charge in [0.05, 0.1) is 12.1 Å². The van der Waals surface area contributed by atoms with E-state index < -0.39 is 0 Å². The van der Waals surface area contributed by atoms with Crippen LogP contribution in [0.15, 0.2) is 11.8 Å². The van der Waals surface area contributed by atoms with Crippen molar-refractivity contribution in [3.8, 4) is 0 Å². The molecule has 0 aromatic rings. The summed E-state index contributed by atoms with van der Waals surface area (Å²) in [5.74, 6) is 0.949. The number of nitrogens with zero attached hydrogens (tertiary/aromatic N) is 1. The van der Waals surface area contributed by atoms with Crippen LogP contribution in [0.25, 0.3) is 0 Å². The van der Waals surface area contributed by atoms with Gasteiger partial charge in [0.1, 0.15) is 0 Å². The highest BCUT2D eigenvalue weighted by Gasteiger charge is 2.47. The Morgan fingerprint density at radius 2 is 1.79 bits per heavy atom. The summed E-state index contributed by atoms with van der Waals surface area (Å²) in [7, 11) is 0. The third-order valence-electron chi connectivity index (χ3n) is 4.97. The van der Waals surface area contributed by atoms with Gasteiger partial charge < -0.3 is 4.74 Å². The van der Waals surface area contributed by atoms with Crippen molar-refractivity contribution in [3.05, 3.63) is 11.8 Å². The smallest absolute Gasteiger partial charge is 0.217 e. The first kappa shape index (κ1) is 13.2. The molecule has 0 N–H and O–H groups in total. The molecule has 0 aromatic carbocycles. The van der Waals surface area contributed by atoms with E-state index >= 15 is 0 Å². The van der Waals surface area contributed by atoms with Crippen molar-refractivity contribution >= 4 is 5.78 Å². The molecule has 0 amide bonds. The van der Waals surface area contributed by atoms with E-state index in [0.717, 1.165) is 38.8 Å². The molecule has 3 heteroatoms. The molecule has 1 saturated carbocycles. The lowest BCUT2D eigenvalue weighted by atomic mass is 9.86. The second-order valence-electron chi connectivity index (χ2n) is 6.17. The van der Waals surface area contributed by atoms with Crippen LogP contribution in [0.3, 0.4) is 0 Å². The molecular formula is C16H25NO2. The first-order valence-corrected chi connectivity index (χ1v) is 7.96. The Balaban J connectivity index is 1.82. The third-order valence-corrected chi connectivity index (χ3v) is 4.97. The molecule has 0 aromatic heterocycles. The SMILES string of the molecule is O=C(C1=CCCCO1)C1(N2CCCCC2)CCCC1. The second-order valence-corrected chi connectivity index (χ2v) is 6.17. The second kappa shape index (κ2) is 5.66. The van der Waals surface area contributed by atoms with E-state index in [2.05, 4.69) is 4.90 Å². The molecule has 0 bridgehead atoms. The van der Waals surface area contributed by atoms with Crippen molar-refractivity contribution < 1.29 is 9.53 Å². The monoisotopic (exact) mass is 263 g/mol. The first-order chi connectivity index (χ1) is 9.33. The van der Waals surface area contributed by atoms with Gasteiger partial charge in [0.25, 0.3) is 0 Å². The zero-order valence-corrected chi connectivity index (χ0v) is 11.8. The number of allylic oxidation sites excluding steroid dienone is 1. The molecule has 1 aliphatic carbocycles. The van der Waals surface area contributed by atoms with Crippen molar-refractivity contribution in [2.24, 2.45) is 0 Å². The summed E-state index contributed by atoms with van der Waals surface area (Å²) in [6, 6.07) is 0. The molecule has 1 saturated heterocycles. The maximum Gasteiger partial charge on any atom is 0.217 e. The molecule has 106 valence electrons. The maximum atomic E-state index is 13.0. The van der Waals surface area contributed by atoms with E-state index in [1.165, 1.54) is 32.1 Å². The number of Topliss-reactive ketones (excluding diaryl/α,β-unsaturated/α-hetero) is 1. The first-order valence-electron chi connectivity index (χ1n) is 7.96. The molecule has 3 aliphatic rings. The number of carbonyl (C=O) groups is 1. The van der Waals surface area contributed by atoms with Gasteiger partial charge >= 0.3 is 0 Å². The number of hydrogen-bond donors (Lipinski definition) is 0. The van der Waals surface area contributed by atoms with Crippen LogP contribution in [-0.2, 0) is 9.53 Å². The number of carbonyl (C=O) groups excluding carboxylic acids is 1. The number of likely N-dealkylation sites (tertiary alicyclic amines) is 1. The molecule has 19 heavy (non-hydrogen) atoms. The predicted molar refractivity (Wildman–Crippen MR) is 74.9 cm³/mol. The number of hydrogen-bond acceptors (Lipinski definition) is 3. The molecule has 0 radical (unpaired) electrons. The van der Waals surface area contributed by atoms with Crippen LogP contribution >= 0.6 is 0 Å². The van der Waals surface area contributed by atoms with Crippen LogP contribution in [0.4, 0.5) is 0 Å². The van der Waals surface area contributed by atoms with E-state index in [0.29, 0.717) is 12.4 Å². The van der Waals surface area contributed by atoms with Gasteiger partial charge in [-0.1, -0.05) is 19.3 Å². The molecule has 2 heterocycles. The lowest BCUT2D eigenvalue weighted by Gasteiger charge is -2.42. The highest BCUT2D eigenvalue weighted by molar-refractivity contribution is 6.01. The number of ether oxygens (including phenoxy) is 1. The van der Waals surface area contributed by atoms with Crippen molar-refractivity contribution in [2.75, 3.05) is 19.7 Å². The maximum absolute atomic E-state index is 13.0. The largest absolute Gasteiger partial charge is 0.490 e. The Hall–Kier alpha value is -0.830. The molecule has 2 aliphatic heterocycles. The van der Waals surface area contributed by atoms with Gasteiger partial charge in [0, 0.05) is 0 Å². The summed E-state index contributed by atoms with van der Waals surface area (Å²) in [6.07, 6.45) is 12.3. The van der Waals surface area contributed by atoms with Crippen LogP contribution in [0.1, 0.15) is 57.8 Å². The molecule has 3 rings (SSSR count). The summed E-state index contributed by atoms with van der Waals surface area (Å²) in [5, 5.41) is 0. The Labute approximate surface area is 116 Å². The van der Waals surface area contributed by atoms with Crippen LogP contribution in [-0.4, -0.2) is 35.9 Å². The minimum absolute atomic E-state index is 0.219. The molecule has 2 fully saturated rings. The molecular weight excluding hydrogens is 238 g/mol. The van der Waals surface area contributed by atoms with E-state index in [-0.39, 0.29) is 11.3 Å². The van der Waals surface area contributed by atoms with E-state index in [9.17, 15) is 4.79 Å². The number of rotatable bonds is 3. The van der Waals surface area contributed by atoms with Gasteiger partial charge in [-0.3, -0.25) is 9.69 Å². The topological polar surface area (TPSA) is 29.5 Å². The average Bonchev–Trinajstić information content (AvgIpc) is 2.99. The van der Waals surface area contributed by atoms with Crippen LogP contribution in [0.5, 0.6) is 0 Å². The van der Waals surface area contributed by atoms with Crippen molar-refractivity contribution in [1.82, 2.24) is 4.90 Å². The standard InChI is InChI=1S/C16H25NO2/c18-15(14-8-2-7-13-19-14)16(9-3-4-10-16)17-11-5-1-6-12-17/h8H,1-7,9-13H2. The Kier molecular flexibility index (Phi) is 3.92. The third kappa shape index (κ3) is 2.45. The lowest BCUT2D eigenvalue weighted by molar-refractivity contribution is -0.132. The summed E-state index contributed by atoms with van der Waals surface area (Å²) >= 11 is 0. The highest BCUT2D eigenvalue weighted by atomic mass is 16.5. The summed E-state index contributed by atoms with van der Waals surface area (Å²) in [4.78, 5) is 15.5. The Morgan fingerprint density at radius 1 is 1.05 bits per heavy atom. The van der Waals surface area contributed by atoms with Crippen LogP contribution < -0.4 is 0 Å². The molecule has 0 atom stereocenters. The quantitative estimate of drug-likeness (QED) is 0.784. The van der Waals surface area contributed by atoms with E-state index in [1.807, 2.05) is 6.08 Å². The van der Waals surface area contributed by atoms with Gasteiger partial charge in [0.15, 0.2) is 5.76 Å². The molecule has 0 spiro atoms. The summed E-state index contributed by atoms with van der Waals surface area (Å²) in [6.45, 7) is 2.91. The zero-order valence-electron chi connectivity index (χ0n) is 11.8. The van der Waals surface area contributed by atoms with E-state index in [1.54, 1.807) is 0 Å². The summed E-state index contributed by atoms with van der Waals surface area (Å²) in [5.41, 5.74) is -0.219. The van der Waals surface area contributed by atoms with Crippen LogP contribution in [0.2, 0.25) is 0 Å². The zero-order chi connectivity index (χ0) is 13.1. The number of piperidine rings is 1. The molecule has 0 unspecified atom stereocenters. The van der Waals surface area contributed by atoms with Crippen LogP contribution in [0, 0.1) is 0 Å². The normalized spacial score (nSPS) is 27.7. The van der Waals surface area contributed by atoms with Crippen molar-refractivity contribution in [3.63, 3.8) is 0 Å².